The van der Waals surface area contributed by atoms with Crippen molar-refractivity contribution >= 4 is 5.84 Å². The van der Waals surface area contributed by atoms with Gasteiger partial charge in [0.2, 0.25) is 0 Å². The fourth-order valence-electron chi connectivity index (χ4n) is 1.86. The van der Waals surface area contributed by atoms with Crippen molar-refractivity contribution in [1.82, 2.24) is 0 Å². The fourth-order valence-corrected chi connectivity index (χ4v) is 1.86. The van der Waals surface area contributed by atoms with E-state index < -0.39 is 0 Å². The zero-order valence-corrected chi connectivity index (χ0v) is 7.34. The molecule has 0 bridgehead atoms. The molecule has 0 aromatic carbocycles. The minimum absolute atomic E-state index is 0.143. The van der Waals surface area contributed by atoms with Crippen molar-refractivity contribution < 1.29 is 0 Å². The molecule has 1 aliphatic carbocycles. The zero-order valence-electron chi connectivity index (χ0n) is 7.34. The molecular weight excluding hydrogens is 150 g/mol. The van der Waals surface area contributed by atoms with E-state index in [2.05, 4.69) is 0 Å². The summed E-state index contributed by atoms with van der Waals surface area (Å²) in [5, 5.41) is 7.32. The van der Waals surface area contributed by atoms with Gasteiger partial charge in [-0.2, -0.15) is 0 Å². The first kappa shape index (κ1) is 9.10. The van der Waals surface area contributed by atoms with E-state index in [4.69, 9.17) is 16.9 Å². The van der Waals surface area contributed by atoms with Crippen molar-refractivity contribution in [3.05, 3.63) is 11.8 Å². The van der Waals surface area contributed by atoms with E-state index in [0.717, 1.165) is 18.4 Å². The lowest BCUT2D eigenvalue weighted by Crippen LogP contribution is -2.22. The molecule has 1 fully saturated rings. The van der Waals surface area contributed by atoms with Crippen LogP contribution in [0.4, 0.5) is 0 Å². The zero-order chi connectivity index (χ0) is 8.97. The van der Waals surface area contributed by atoms with E-state index >= 15 is 0 Å². The highest BCUT2D eigenvalue weighted by Crippen LogP contribution is 2.28. The highest BCUT2D eigenvalue weighted by Gasteiger charge is 2.18. The average molecular weight is 167 g/mol. The first-order chi connectivity index (χ1) is 5.75. The Morgan fingerprint density at radius 1 is 1.25 bits per heavy atom. The third kappa shape index (κ3) is 2.00. The van der Waals surface area contributed by atoms with E-state index in [-0.39, 0.29) is 5.84 Å². The van der Waals surface area contributed by atoms with Gasteiger partial charge in [0.05, 0.1) is 0 Å². The predicted molar refractivity (Wildman–Crippen MR) is 50.8 cm³/mol. The number of rotatable bonds is 2. The van der Waals surface area contributed by atoms with Crippen LogP contribution in [-0.2, 0) is 0 Å². The Hall–Kier alpha value is -0.990. The van der Waals surface area contributed by atoms with E-state index in [1.807, 2.05) is 0 Å². The Morgan fingerprint density at radius 3 is 2.25 bits per heavy atom. The Labute approximate surface area is 73.3 Å². The summed E-state index contributed by atoms with van der Waals surface area (Å²) in [5.74, 6) is 0.589. The van der Waals surface area contributed by atoms with Crippen LogP contribution in [0.1, 0.15) is 32.1 Å². The standard InChI is InChI=1S/C9H17N3/c10-6-8(9(11)12)7-4-2-1-3-5-7/h6-7H,1-5,10H2,(H3,11,12)/b8-6-. The normalized spacial score (nSPS) is 20.8. The molecule has 1 saturated carbocycles. The Morgan fingerprint density at radius 2 is 1.83 bits per heavy atom. The van der Waals surface area contributed by atoms with Crippen molar-refractivity contribution in [2.24, 2.45) is 17.4 Å². The Bertz CT molecular complexity index is 190. The molecule has 5 N–H and O–H groups in total. The third-order valence-corrected chi connectivity index (χ3v) is 2.54. The Kier molecular flexibility index (Phi) is 3.14. The van der Waals surface area contributed by atoms with Gasteiger partial charge in [-0.05, 0) is 18.8 Å². The SMILES string of the molecule is N=C(N)/C(=C\N)C1CCCCC1. The predicted octanol–water partition coefficient (Wildman–Crippen LogP) is 1.35. The van der Waals surface area contributed by atoms with E-state index in [9.17, 15) is 0 Å². The van der Waals surface area contributed by atoms with E-state index in [0.29, 0.717) is 5.92 Å². The van der Waals surface area contributed by atoms with E-state index in [1.165, 1.54) is 25.5 Å². The van der Waals surface area contributed by atoms with Gasteiger partial charge in [0.15, 0.2) is 0 Å². The third-order valence-electron chi connectivity index (χ3n) is 2.54. The molecule has 0 amide bonds. The van der Waals surface area contributed by atoms with Gasteiger partial charge in [-0.15, -0.1) is 0 Å². The summed E-state index contributed by atoms with van der Waals surface area (Å²) in [5.41, 5.74) is 11.7. The van der Waals surface area contributed by atoms with Gasteiger partial charge in [0.1, 0.15) is 5.84 Å². The molecule has 1 rings (SSSR count). The minimum Gasteiger partial charge on any atom is -0.404 e. The van der Waals surface area contributed by atoms with Crippen LogP contribution in [0, 0.1) is 11.3 Å². The lowest BCUT2D eigenvalue weighted by Gasteiger charge is -2.23. The van der Waals surface area contributed by atoms with Gasteiger partial charge in [0, 0.05) is 11.8 Å². The smallest absolute Gasteiger partial charge is 0.120 e. The summed E-state index contributed by atoms with van der Waals surface area (Å²) in [7, 11) is 0. The van der Waals surface area contributed by atoms with Crippen molar-refractivity contribution in [1.29, 1.82) is 5.41 Å². The number of hydrogen-bond acceptors (Lipinski definition) is 2. The molecule has 0 heterocycles. The lowest BCUT2D eigenvalue weighted by atomic mass is 9.84. The fraction of sp³-hybridized carbons (Fsp3) is 0.667. The maximum Gasteiger partial charge on any atom is 0.120 e. The second kappa shape index (κ2) is 4.14. The second-order valence-electron chi connectivity index (χ2n) is 3.37. The molecule has 68 valence electrons. The van der Waals surface area contributed by atoms with Crippen LogP contribution in [0.15, 0.2) is 11.8 Å². The summed E-state index contributed by atoms with van der Waals surface area (Å²) in [4.78, 5) is 0. The highest BCUT2D eigenvalue weighted by atomic mass is 14.7. The van der Waals surface area contributed by atoms with Gasteiger partial charge in [-0.1, -0.05) is 19.3 Å². The number of nitrogens with two attached hydrogens (primary N) is 2. The van der Waals surface area contributed by atoms with Crippen LogP contribution >= 0.6 is 0 Å². The number of nitrogens with one attached hydrogen (secondary N) is 1. The molecule has 3 nitrogen and oxygen atoms in total. The molecule has 0 aromatic heterocycles. The molecule has 0 aliphatic heterocycles. The van der Waals surface area contributed by atoms with Crippen LogP contribution in [0.25, 0.3) is 0 Å². The summed E-state index contributed by atoms with van der Waals surface area (Å²) in [6.07, 6.45) is 7.58. The topological polar surface area (TPSA) is 75.9 Å². The largest absolute Gasteiger partial charge is 0.404 e. The second-order valence-corrected chi connectivity index (χ2v) is 3.37. The van der Waals surface area contributed by atoms with Crippen LogP contribution in [0.3, 0.4) is 0 Å². The van der Waals surface area contributed by atoms with Crippen LogP contribution in [-0.4, -0.2) is 5.84 Å². The lowest BCUT2D eigenvalue weighted by molar-refractivity contribution is 0.410. The minimum atomic E-state index is 0.143. The maximum atomic E-state index is 7.32. The average Bonchev–Trinajstić information content (AvgIpc) is 2.07. The number of amidine groups is 1. The van der Waals surface area contributed by atoms with E-state index in [1.54, 1.807) is 0 Å². The molecule has 0 saturated heterocycles. The van der Waals surface area contributed by atoms with Gasteiger partial charge < -0.3 is 11.5 Å². The molecule has 12 heavy (non-hydrogen) atoms. The molecule has 1 aliphatic rings. The summed E-state index contributed by atoms with van der Waals surface area (Å²) < 4.78 is 0. The molecule has 0 spiro atoms. The number of hydrogen-bond donors (Lipinski definition) is 3. The molecule has 0 atom stereocenters. The van der Waals surface area contributed by atoms with Gasteiger partial charge in [0.25, 0.3) is 0 Å². The molecular formula is C9H17N3. The Balaban J connectivity index is 2.59. The van der Waals surface area contributed by atoms with Gasteiger partial charge in [-0.3, -0.25) is 5.41 Å². The van der Waals surface area contributed by atoms with Crippen molar-refractivity contribution in [2.75, 3.05) is 0 Å². The van der Waals surface area contributed by atoms with Crippen molar-refractivity contribution in [3.8, 4) is 0 Å². The van der Waals surface area contributed by atoms with Gasteiger partial charge in [-0.25, -0.2) is 0 Å². The summed E-state index contributed by atoms with van der Waals surface area (Å²) >= 11 is 0. The monoisotopic (exact) mass is 167 g/mol. The van der Waals surface area contributed by atoms with Crippen LogP contribution in [0.5, 0.6) is 0 Å². The first-order valence-corrected chi connectivity index (χ1v) is 4.52. The van der Waals surface area contributed by atoms with Crippen molar-refractivity contribution in [2.45, 2.75) is 32.1 Å². The van der Waals surface area contributed by atoms with Gasteiger partial charge >= 0.3 is 0 Å². The quantitative estimate of drug-likeness (QED) is 0.429. The van der Waals surface area contributed by atoms with Crippen molar-refractivity contribution in [3.63, 3.8) is 0 Å². The maximum absolute atomic E-state index is 7.32. The molecule has 0 radical (unpaired) electrons. The highest BCUT2D eigenvalue weighted by molar-refractivity contribution is 5.94. The first-order valence-electron chi connectivity index (χ1n) is 4.52. The molecule has 0 unspecified atom stereocenters. The van der Waals surface area contributed by atoms with Crippen LogP contribution in [0.2, 0.25) is 0 Å². The summed E-state index contributed by atoms with van der Waals surface area (Å²) in [6, 6.07) is 0. The molecule has 0 aromatic rings. The summed E-state index contributed by atoms with van der Waals surface area (Å²) in [6.45, 7) is 0. The van der Waals surface area contributed by atoms with Crippen LogP contribution < -0.4 is 11.5 Å². The molecule has 3 heteroatoms.